The fourth-order valence-electron chi connectivity index (χ4n) is 5.39. The van der Waals surface area contributed by atoms with E-state index in [1.54, 1.807) is 60.7 Å². The van der Waals surface area contributed by atoms with E-state index in [9.17, 15) is 14.7 Å². The van der Waals surface area contributed by atoms with Crippen LogP contribution >= 0.6 is 11.6 Å². The Balaban J connectivity index is 1.27. The molecule has 3 aromatic carbocycles. The van der Waals surface area contributed by atoms with Gasteiger partial charge >= 0.3 is 0 Å². The van der Waals surface area contributed by atoms with Crippen molar-refractivity contribution in [1.29, 1.82) is 0 Å². The lowest BCUT2D eigenvalue weighted by atomic mass is 9.94. The van der Waals surface area contributed by atoms with E-state index in [4.69, 9.17) is 26.2 Å². The lowest BCUT2D eigenvalue weighted by Gasteiger charge is -2.18. The number of anilines is 2. The van der Waals surface area contributed by atoms with E-state index in [0.717, 1.165) is 10.9 Å². The van der Waals surface area contributed by atoms with Crippen molar-refractivity contribution in [1.82, 2.24) is 9.97 Å². The van der Waals surface area contributed by atoms with Gasteiger partial charge in [0.2, 0.25) is 0 Å². The fraction of sp³-hybridized carbons (Fsp3) is 0.194. The summed E-state index contributed by atoms with van der Waals surface area (Å²) in [6, 6.07) is 17.0. The number of aliphatic hydroxyl groups is 1. The number of amides is 2. The lowest BCUT2D eigenvalue weighted by Crippen LogP contribution is -2.30. The number of nitrogens with zero attached hydrogens (tertiary/aromatic N) is 2. The second kappa shape index (κ2) is 11.2. The van der Waals surface area contributed by atoms with Crippen LogP contribution in [0.25, 0.3) is 21.7 Å². The molecule has 42 heavy (non-hydrogen) atoms. The standard InChI is InChI=1S/C31H27ClN4O6/c1-41-26-4-2-3-21-25(38)13-24-28(29(21)26)19(14-32)16-36(24)31(40)22-11-18-12-27(33-15-23(18)34-22)35-30(39)17-5-7-20(8-6-17)42-10-9-37/h2-8,11-13,15,19,34,37-38H,9-10,14,16H2,1H3,(H,33,35,39). The van der Waals surface area contributed by atoms with Gasteiger partial charge in [0.25, 0.3) is 11.8 Å². The van der Waals surface area contributed by atoms with Gasteiger partial charge in [-0.2, -0.15) is 0 Å². The molecule has 0 bridgehead atoms. The van der Waals surface area contributed by atoms with E-state index in [2.05, 4.69) is 15.3 Å². The minimum absolute atomic E-state index is 0.0456. The number of carbonyl (C=O) groups is 2. The summed E-state index contributed by atoms with van der Waals surface area (Å²) in [6.45, 7) is 0.410. The molecule has 5 aromatic rings. The number of ether oxygens (including phenoxy) is 2. The van der Waals surface area contributed by atoms with Crippen molar-refractivity contribution in [2.45, 2.75) is 5.92 Å². The number of hydrogen-bond acceptors (Lipinski definition) is 7. The van der Waals surface area contributed by atoms with Gasteiger partial charge in [0.05, 0.1) is 31.1 Å². The molecule has 1 atom stereocenters. The molecule has 214 valence electrons. The number of phenolic OH excluding ortho intramolecular Hbond substituents is 1. The minimum Gasteiger partial charge on any atom is -0.507 e. The maximum absolute atomic E-state index is 13.8. The molecule has 1 aliphatic heterocycles. The number of halogens is 1. The molecule has 2 aromatic heterocycles. The Labute approximate surface area is 245 Å². The third kappa shape index (κ3) is 4.84. The molecule has 1 unspecified atom stereocenters. The summed E-state index contributed by atoms with van der Waals surface area (Å²) in [7, 11) is 1.57. The zero-order valence-corrected chi connectivity index (χ0v) is 23.3. The van der Waals surface area contributed by atoms with Crippen LogP contribution in [0.3, 0.4) is 0 Å². The molecule has 0 saturated heterocycles. The van der Waals surface area contributed by atoms with Crippen LogP contribution in [0.4, 0.5) is 11.5 Å². The highest BCUT2D eigenvalue weighted by Crippen LogP contribution is 2.48. The number of hydrogen-bond donors (Lipinski definition) is 4. The lowest BCUT2D eigenvalue weighted by molar-refractivity contribution is 0.0983. The highest BCUT2D eigenvalue weighted by atomic mass is 35.5. The minimum atomic E-state index is -0.356. The van der Waals surface area contributed by atoms with E-state index < -0.39 is 0 Å². The number of pyridine rings is 1. The summed E-state index contributed by atoms with van der Waals surface area (Å²) in [5.74, 6) is 0.993. The van der Waals surface area contributed by atoms with Gasteiger partial charge < -0.3 is 34.9 Å². The first-order valence-electron chi connectivity index (χ1n) is 13.3. The van der Waals surface area contributed by atoms with Crippen LogP contribution in [0.15, 0.2) is 66.9 Å². The number of rotatable bonds is 8. The monoisotopic (exact) mass is 586 g/mol. The van der Waals surface area contributed by atoms with Crippen molar-refractivity contribution >= 4 is 56.6 Å². The van der Waals surface area contributed by atoms with E-state index in [-0.39, 0.29) is 42.6 Å². The summed E-state index contributed by atoms with van der Waals surface area (Å²) in [5.41, 5.74) is 2.80. The van der Waals surface area contributed by atoms with Gasteiger partial charge in [0.1, 0.15) is 35.4 Å². The van der Waals surface area contributed by atoms with E-state index in [1.807, 2.05) is 18.2 Å². The summed E-state index contributed by atoms with van der Waals surface area (Å²) in [4.78, 5) is 35.6. The smallest absolute Gasteiger partial charge is 0.274 e. The Kier molecular flexibility index (Phi) is 7.32. The van der Waals surface area contributed by atoms with Crippen LogP contribution in [-0.2, 0) is 0 Å². The van der Waals surface area contributed by atoms with Crippen molar-refractivity contribution in [3.8, 4) is 17.2 Å². The van der Waals surface area contributed by atoms with Gasteiger partial charge in [-0.05, 0) is 48.0 Å². The van der Waals surface area contributed by atoms with Gasteiger partial charge in [-0.15, -0.1) is 11.6 Å². The van der Waals surface area contributed by atoms with Crippen molar-refractivity contribution in [2.24, 2.45) is 0 Å². The second-order valence-electron chi connectivity index (χ2n) is 9.87. The van der Waals surface area contributed by atoms with Gasteiger partial charge in [-0.3, -0.25) is 9.59 Å². The van der Waals surface area contributed by atoms with Gasteiger partial charge in [-0.25, -0.2) is 4.98 Å². The Morgan fingerprint density at radius 3 is 2.71 bits per heavy atom. The molecule has 11 heteroatoms. The molecule has 0 aliphatic carbocycles. The number of methoxy groups -OCH3 is 1. The van der Waals surface area contributed by atoms with Crippen LogP contribution in [0.2, 0.25) is 0 Å². The highest BCUT2D eigenvalue weighted by molar-refractivity contribution is 6.19. The number of aromatic amines is 1. The van der Waals surface area contributed by atoms with Crippen LogP contribution in [-0.4, -0.2) is 64.7 Å². The maximum atomic E-state index is 13.8. The number of benzene rings is 3. The molecule has 0 spiro atoms. The molecule has 0 saturated carbocycles. The number of aromatic hydroxyl groups is 1. The molecular formula is C31H27ClN4O6. The number of aromatic nitrogens is 2. The van der Waals surface area contributed by atoms with Crippen molar-refractivity contribution < 1.29 is 29.3 Å². The van der Waals surface area contributed by atoms with Gasteiger partial charge in [-0.1, -0.05) is 12.1 Å². The molecule has 0 radical (unpaired) electrons. The van der Waals surface area contributed by atoms with Gasteiger partial charge in [0.15, 0.2) is 0 Å². The predicted octanol–water partition coefficient (Wildman–Crippen LogP) is 5.04. The highest BCUT2D eigenvalue weighted by Gasteiger charge is 2.36. The van der Waals surface area contributed by atoms with E-state index in [0.29, 0.717) is 57.1 Å². The quantitative estimate of drug-likeness (QED) is 0.187. The molecular weight excluding hydrogens is 560 g/mol. The molecule has 3 heterocycles. The zero-order chi connectivity index (χ0) is 29.4. The Bertz CT molecular complexity index is 1820. The fourth-order valence-corrected chi connectivity index (χ4v) is 5.64. The first-order chi connectivity index (χ1) is 20.4. The number of H-pyrrole nitrogens is 1. The van der Waals surface area contributed by atoms with E-state index >= 15 is 0 Å². The SMILES string of the molecule is COc1cccc2c(O)cc3c(c12)C(CCl)CN3C(=O)c1cc2cc(NC(=O)c3ccc(OCCO)cc3)ncc2[nH]1. The van der Waals surface area contributed by atoms with Crippen LogP contribution in [0, 0.1) is 0 Å². The largest absolute Gasteiger partial charge is 0.507 e. The Hall–Kier alpha value is -4.80. The summed E-state index contributed by atoms with van der Waals surface area (Å²) in [6.07, 6.45) is 1.55. The predicted molar refractivity (Wildman–Crippen MR) is 160 cm³/mol. The number of fused-ring (bicyclic) bond motifs is 4. The normalized spacial score (nSPS) is 14.3. The average Bonchev–Trinajstić information content (AvgIpc) is 3.61. The maximum Gasteiger partial charge on any atom is 0.274 e. The number of carbonyl (C=O) groups excluding carboxylic acids is 2. The van der Waals surface area contributed by atoms with Crippen molar-refractivity contribution in [2.75, 3.05) is 43.0 Å². The van der Waals surface area contributed by atoms with Crippen LogP contribution in [0.1, 0.15) is 32.3 Å². The van der Waals surface area contributed by atoms with E-state index in [1.165, 1.54) is 0 Å². The molecule has 0 fully saturated rings. The summed E-state index contributed by atoms with van der Waals surface area (Å²) in [5, 5.41) is 24.6. The van der Waals surface area contributed by atoms with Crippen LogP contribution < -0.4 is 19.7 Å². The third-order valence-corrected chi connectivity index (χ3v) is 7.70. The number of alkyl halides is 1. The molecule has 10 nitrogen and oxygen atoms in total. The molecule has 1 aliphatic rings. The van der Waals surface area contributed by atoms with Gasteiger partial charge in [0, 0.05) is 46.1 Å². The van der Waals surface area contributed by atoms with Crippen LogP contribution in [0.5, 0.6) is 17.2 Å². The van der Waals surface area contributed by atoms with Crippen molar-refractivity contribution in [3.05, 3.63) is 83.7 Å². The molecule has 4 N–H and O–H groups in total. The molecule has 2 amide bonds. The summed E-state index contributed by atoms with van der Waals surface area (Å²) < 4.78 is 10.9. The molecule has 6 rings (SSSR count). The topological polar surface area (TPSA) is 137 Å². The Morgan fingerprint density at radius 1 is 1.17 bits per heavy atom. The third-order valence-electron chi connectivity index (χ3n) is 7.33. The Morgan fingerprint density at radius 2 is 1.98 bits per heavy atom. The zero-order valence-electron chi connectivity index (χ0n) is 22.6. The number of nitrogens with one attached hydrogen (secondary N) is 2. The first-order valence-corrected chi connectivity index (χ1v) is 13.8. The van der Waals surface area contributed by atoms with Crippen molar-refractivity contribution in [3.63, 3.8) is 0 Å². The number of aliphatic hydroxyl groups excluding tert-OH is 1. The number of phenols is 1. The first kappa shape index (κ1) is 27.4. The average molecular weight is 587 g/mol. The summed E-state index contributed by atoms with van der Waals surface area (Å²) >= 11 is 6.38. The second-order valence-corrected chi connectivity index (χ2v) is 10.2.